The first kappa shape index (κ1) is 67.7. The number of benzene rings is 5. The molecule has 25 nitrogen and oxygen atoms in total. The molecule has 0 aliphatic heterocycles. The Morgan fingerprint density at radius 3 is 1.60 bits per heavy atom. The van der Waals surface area contributed by atoms with Crippen molar-refractivity contribution in [3.8, 4) is 28.1 Å². The first-order valence-corrected chi connectivity index (χ1v) is 27.0. The van der Waals surface area contributed by atoms with Gasteiger partial charge in [0.2, 0.25) is 18.3 Å². The van der Waals surface area contributed by atoms with Crippen LogP contribution in [0.5, 0.6) is 5.88 Å². The van der Waals surface area contributed by atoms with Crippen LogP contribution in [0, 0.1) is 0 Å². The molecule has 2 amide bonds. The zero-order chi connectivity index (χ0) is 62.7. The van der Waals surface area contributed by atoms with Crippen molar-refractivity contribution in [3.05, 3.63) is 188 Å². The monoisotopic (exact) mass is 1250 g/mol. The number of amides is 2. The fraction of sp³-hybridized carbons (Fsp3) is 0.259. The average Bonchev–Trinajstić information content (AvgIpc) is 3.21. The van der Waals surface area contributed by atoms with Gasteiger partial charge in [-0.3, -0.25) is 30.0 Å². The lowest BCUT2D eigenvalue weighted by Gasteiger charge is -2.24. The van der Waals surface area contributed by atoms with Crippen molar-refractivity contribution in [1.29, 1.82) is 0 Å². The molecule has 2 atom stereocenters. The van der Waals surface area contributed by atoms with Gasteiger partial charge in [0.25, 0.3) is 11.4 Å². The number of carbonyl (C=O) groups is 7. The first-order valence-electron chi connectivity index (χ1n) is 25.7. The molecule has 0 saturated heterocycles. The van der Waals surface area contributed by atoms with E-state index in [4.69, 9.17) is 67.9 Å². The van der Waals surface area contributed by atoms with Crippen molar-refractivity contribution in [3.63, 3.8) is 0 Å². The Bertz CT molecular complexity index is 3400. The molecule has 0 bridgehead atoms. The number of hydrazine groups is 2. The predicted octanol–water partition coefficient (Wildman–Crippen LogP) is 8.45. The maximum absolute atomic E-state index is 12.7. The number of H-pyrrole nitrogens is 1. The molecule has 0 radical (unpaired) electrons. The van der Waals surface area contributed by atoms with Gasteiger partial charge in [-0.05, 0) is 90.5 Å². The minimum absolute atomic E-state index is 0.0647. The van der Waals surface area contributed by atoms with Gasteiger partial charge in [0.1, 0.15) is 0 Å². The number of carbonyl (C=O) groups excluding carboxylic acids is 6. The number of aliphatic hydroxyl groups is 2. The van der Waals surface area contributed by atoms with Crippen LogP contribution in [0.4, 0.5) is 9.59 Å². The maximum Gasteiger partial charge on any atom is 0.511 e. The lowest BCUT2D eigenvalue weighted by molar-refractivity contribution is -0.153. The zero-order valence-electron chi connectivity index (χ0n) is 46.4. The predicted molar refractivity (Wildman–Crippen MR) is 308 cm³/mol. The summed E-state index contributed by atoms with van der Waals surface area (Å²) in [4.78, 5) is 94.2. The number of rotatable bonds is 25. The fourth-order valence-electron chi connectivity index (χ4n) is 7.05. The van der Waals surface area contributed by atoms with E-state index < -0.39 is 79.6 Å². The van der Waals surface area contributed by atoms with Crippen LogP contribution in [0.25, 0.3) is 22.3 Å². The minimum atomic E-state index is -1.77. The van der Waals surface area contributed by atoms with Crippen LogP contribution in [0.15, 0.2) is 153 Å². The van der Waals surface area contributed by atoms with E-state index >= 15 is 0 Å². The topological polar surface area (TPSA) is 338 Å². The highest BCUT2D eigenvalue weighted by Crippen LogP contribution is 2.25. The van der Waals surface area contributed by atoms with E-state index in [0.29, 0.717) is 15.6 Å². The zero-order valence-corrected chi connectivity index (χ0v) is 48.7. The van der Waals surface area contributed by atoms with Gasteiger partial charge in [-0.25, -0.2) is 29.2 Å². The number of hydrogen-bond donors (Lipinski definition) is 6. The van der Waals surface area contributed by atoms with Gasteiger partial charge >= 0.3 is 36.1 Å². The highest BCUT2D eigenvalue weighted by Gasteiger charge is 2.26. The molecule has 7 rings (SSSR count). The molecule has 6 N–H and O–H groups in total. The number of aromatic amines is 1. The Morgan fingerprint density at radius 1 is 0.616 bits per heavy atom. The number of Topliss-reactive ketones (excluding diaryl/α,β-unsaturated/α-hetero) is 1. The number of alkyl halides is 1. The van der Waals surface area contributed by atoms with E-state index in [1.54, 1.807) is 82.3 Å². The number of aliphatic carboxylic acids is 1. The molecular weight excluding hydrogens is 1190 g/mol. The van der Waals surface area contributed by atoms with Crippen LogP contribution in [-0.4, -0.2) is 134 Å². The van der Waals surface area contributed by atoms with Crippen molar-refractivity contribution in [2.24, 2.45) is 0 Å². The number of nitrogens with zero attached hydrogens (tertiary/aromatic N) is 3. The van der Waals surface area contributed by atoms with Gasteiger partial charge in [0.05, 0.1) is 37.4 Å². The molecule has 0 spiro atoms. The molecule has 0 fully saturated rings. The third-order valence-electron chi connectivity index (χ3n) is 11.0. The molecule has 0 aliphatic carbocycles. The number of aliphatic hydroxyl groups excluding tert-OH is 2. The second-order valence-corrected chi connectivity index (χ2v) is 19.5. The fourth-order valence-corrected chi connectivity index (χ4v) is 7.52. The number of aromatic nitrogens is 2. The molecule has 86 heavy (non-hydrogen) atoms. The largest absolute Gasteiger partial charge is 0.511 e. The Labute approximate surface area is 506 Å². The number of halogens is 3. The first-order chi connectivity index (χ1) is 41.0. The van der Waals surface area contributed by atoms with E-state index in [9.17, 15) is 48.6 Å². The molecule has 28 heteroatoms. The summed E-state index contributed by atoms with van der Waals surface area (Å²) in [7, 11) is 0. The van der Waals surface area contributed by atoms with Gasteiger partial charge < -0.3 is 52.8 Å². The van der Waals surface area contributed by atoms with Crippen LogP contribution in [0.3, 0.4) is 0 Å². The third kappa shape index (κ3) is 23.9. The van der Waals surface area contributed by atoms with E-state index in [2.05, 4.69) is 25.5 Å². The second-order valence-electron chi connectivity index (χ2n) is 18.4. The quantitative estimate of drug-likeness (QED) is 0.00780. The normalized spacial score (nSPS) is 11.5. The van der Waals surface area contributed by atoms with Crippen LogP contribution in [-0.2, 0) is 46.4 Å². The molecule has 456 valence electrons. The number of carboxylic acid groups (broad SMARTS) is 1. The maximum atomic E-state index is 12.7. The third-order valence-corrected chi connectivity index (χ3v) is 11.5. The second kappa shape index (κ2) is 34.6. The van der Waals surface area contributed by atoms with Gasteiger partial charge in [-0.15, -0.1) is 0 Å². The molecule has 2 heterocycles. The van der Waals surface area contributed by atoms with Crippen molar-refractivity contribution in [2.45, 2.75) is 65.2 Å². The average molecular weight is 1250 g/mol. The van der Waals surface area contributed by atoms with Crippen LogP contribution >= 0.6 is 34.8 Å². The van der Waals surface area contributed by atoms with Crippen molar-refractivity contribution >= 4 is 76.6 Å². The van der Waals surface area contributed by atoms with Gasteiger partial charge in [0.15, 0.2) is 30.7 Å². The van der Waals surface area contributed by atoms with Crippen LogP contribution in [0.2, 0.25) is 10.0 Å². The summed E-state index contributed by atoms with van der Waals surface area (Å²) in [5.74, 6) is -5.16. The summed E-state index contributed by atoms with van der Waals surface area (Å²) in [5.41, 5.74) is 9.89. The number of carboxylic acids is 1. The van der Waals surface area contributed by atoms with Crippen molar-refractivity contribution < 1.29 is 86.3 Å². The van der Waals surface area contributed by atoms with E-state index in [-0.39, 0.29) is 55.3 Å². The van der Waals surface area contributed by atoms with Gasteiger partial charge in [-0.1, -0.05) is 138 Å². The minimum Gasteiger partial charge on any atom is -0.479 e. The van der Waals surface area contributed by atoms with Crippen molar-refractivity contribution in [1.82, 2.24) is 31.2 Å². The summed E-state index contributed by atoms with van der Waals surface area (Å²) in [5, 5.41) is 38.8. The molecule has 5 aromatic carbocycles. The Balaban J connectivity index is 0.000000275. The summed E-state index contributed by atoms with van der Waals surface area (Å²) < 4.78 is 38.2. The number of hydrogen-bond acceptors (Lipinski definition) is 21. The summed E-state index contributed by atoms with van der Waals surface area (Å²) in [6.45, 7) is 5.03. The molecule has 0 aliphatic rings. The summed E-state index contributed by atoms with van der Waals surface area (Å²) in [6.07, 6.45) is -5.64. The highest BCUT2D eigenvalue weighted by molar-refractivity contribution is 6.31. The number of ketones is 1. The molecule has 7 aromatic rings. The lowest BCUT2D eigenvalue weighted by Crippen LogP contribution is -2.47. The van der Waals surface area contributed by atoms with E-state index in [1.807, 2.05) is 78.0 Å². The number of nitrogens with one attached hydrogen (secondary N) is 3. The smallest absolute Gasteiger partial charge is 0.479 e. The molecular formula is C58H59Cl3N6O19. The van der Waals surface area contributed by atoms with E-state index in [1.165, 1.54) is 10.0 Å². The van der Waals surface area contributed by atoms with Crippen LogP contribution < -0.4 is 21.1 Å². The SMILES string of the molecule is CC(C)OC(=O)OCCl.CC(C)OC(=O)OCOc1cc(C(=O)NN(Cc2ccc(-c3cccc(Cl)c3)cc2)C[C@@H](O)C(=O)O)on1.O=C(COC(=O)[C@H](O)CN(Cc1ccc(-c2cccc(Cl)c2)cc1)NC(=O)c1cc(=O)[nH]o1)c1ccccc1. The molecule has 0 unspecified atom stereocenters. The number of esters is 1. The van der Waals surface area contributed by atoms with Gasteiger partial charge in [0, 0.05) is 28.7 Å². The molecule has 2 aromatic heterocycles. The van der Waals surface area contributed by atoms with Crippen LogP contribution in [0.1, 0.15) is 70.3 Å². The summed E-state index contributed by atoms with van der Waals surface area (Å²) >= 11 is 17.2. The Kier molecular flexibility index (Phi) is 27.3. The molecule has 0 saturated carbocycles. The van der Waals surface area contributed by atoms with Gasteiger partial charge in [-0.2, -0.15) is 5.16 Å². The Hall–Kier alpha value is -9.08. The standard InChI is InChI=1S/C28H24ClN3O7.C25H26ClN3O9.C5H9ClO3/c29-22-8-4-7-21(13-22)19-11-9-18(10-12-19)15-32(30-27(36)25-14-26(35)31-39-25)16-23(33)28(37)38-17-24(34)20-5-2-1-3-6-20;1-15(2)37-25(34)36-14-35-22-11-21(38-28-22)23(31)27-29(13-20(30)24(32)33)12-16-6-8-17(9-7-16)18-4-3-5-19(26)10-18;1-4(2)9-5(7)8-3-6/h1-14,23,33H,15-17H2,(H,30,36)(H,31,35);3-11,15,20,30H,12-14H2,1-2H3,(H,27,31)(H,32,33);4H,3H2,1-2H3/t23-;20-;/m11./s1. The number of ether oxygens (including phenoxy) is 6. The highest BCUT2D eigenvalue weighted by atomic mass is 35.5. The lowest BCUT2D eigenvalue weighted by atomic mass is 10.0. The summed E-state index contributed by atoms with van der Waals surface area (Å²) in [6, 6.07) is 39.6. The Morgan fingerprint density at radius 2 is 1.13 bits per heavy atom. The van der Waals surface area contributed by atoms with E-state index in [0.717, 1.165) is 45.5 Å². The van der Waals surface area contributed by atoms with Crippen molar-refractivity contribution in [2.75, 3.05) is 32.6 Å².